The summed E-state index contributed by atoms with van der Waals surface area (Å²) in [6.07, 6.45) is 0. The fourth-order valence-corrected chi connectivity index (χ4v) is 3.38. The highest BCUT2D eigenvalue weighted by molar-refractivity contribution is 9.09. The molecule has 0 aliphatic rings. The molecule has 1 atom stereocenters. The second-order valence-corrected chi connectivity index (χ2v) is 5.72. The molecule has 2 rings (SSSR count). The lowest BCUT2D eigenvalue weighted by molar-refractivity contribution is 1.18. The Balaban J connectivity index is 2.44. The fourth-order valence-electron chi connectivity index (χ4n) is 1.56. The summed E-state index contributed by atoms with van der Waals surface area (Å²) in [5.74, 6) is 0. The van der Waals surface area contributed by atoms with E-state index >= 15 is 0 Å². The summed E-state index contributed by atoms with van der Waals surface area (Å²) in [6, 6.07) is 13.1. The molecule has 2 aromatic rings. The van der Waals surface area contributed by atoms with E-state index in [0.717, 1.165) is 11.1 Å². The van der Waals surface area contributed by atoms with Crippen LogP contribution in [0.3, 0.4) is 0 Å². The lowest BCUT2D eigenvalue weighted by Gasteiger charge is -2.14. The molecule has 2 aromatic carbocycles. The SMILES string of the molecule is Clc1ccc(C(Br)c2ccccc2Cl)c(Cl)c1. The van der Waals surface area contributed by atoms with Gasteiger partial charge in [0.2, 0.25) is 0 Å². The summed E-state index contributed by atoms with van der Waals surface area (Å²) in [5, 5.41) is 1.96. The number of alkyl halides is 1. The zero-order valence-corrected chi connectivity index (χ0v) is 12.5. The van der Waals surface area contributed by atoms with E-state index in [9.17, 15) is 0 Å². The molecule has 0 aliphatic heterocycles. The molecule has 88 valence electrons. The molecule has 17 heavy (non-hydrogen) atoms. The highest BCUT2D eigenvalue weighted by Crippen LogP contribution is 2.38. The van der Waals surface area contributed by atoms with Gasteiger partial charge in [0.1, 0.15) is 0 Å². The minimum Gasteiger partial charge on any atom is -0.0843 e. The molecule has 0 amide bonds. The molecular formula is C13H8BrCl3. The molecule has 0 radical (unpaired) electrons. The van der Waals surface area contributed by atoms with Crippen LogP contribution in [0.25, 0.3) is 0 Å². The van der Waals surface area contributed by atoms with Crippen molar-refractivity contribution in [1.29, 1.82) is 0 Å². The number of hydrogen-bond acceptors (Lipinski definition) is 0. The Labute approximate surface area is 124 Å². The van der Waals surface area contributed by atoms with E-state index in [4.69, 9.17) is 34.8 Å². The average Bonchev–Trinajstić information content (AvgIpc) is 2.29. The van der Waals surface area contributed by atoms with Crippen molar-refractivity contribution >= 4 is 50.7 Å². The Kier molecular flexibility index (Phi) is 4.37. The van der Waals surface area contributed by atoms with Crippen LogP contribution < -0.4 is 0 Å². The Morgan fingerprint density at radius 3 is 2.12 bits per heavy atom. The maximum absolute atomic E-state index is 6.17. The molecule has 0 spiro atoms. The normalized spacial score (nSPS) is 12.5. The van der Waals surface area contributed by atoms with Crippen LogP contribution in [0.1, 0.15) is 16.0 Å². The quantitative estimate of drug-likeness (QED) is 0.571. The maximum Gasteiger partial charge on any atom is 0.0673 e. The molecule has 0 heterocycles. The van der Waals surface area contributed by atoms with Gasteiger partial charge in [0.25, 0.3) is 0 Å². The molecule has 0 saturated carbocycles. The summed E-state index contributed by atoms with van der Waals surface area (Å²) < 4.78 is 0. The molecule has 0 bridgehead atoms. The smallest absolute Gasteiger partial charge is 0.0673 e. The predicted molar refractivity (Wildman–Crippen MR) is 78.7 cm³/mol. The summed E-state index contributed by atoms with van der Waals surface area (Å²) in [4.78, 5) is -0.0408. The van der Waals surface area contributed by atoms with Gasteiger partial charge < -0.3 is 0 Å². The molecule has 0 fully saturated rings. The first-order valence-corrected chi connectivity index (χ1v) is 6.98. The van der Waals surface area contributed by atoms with Gasteiger partial charge in [-0.1, -0.05) is 75.0 Å². The minimum absolute atomic E-state index is 0.0408. The second-order valence-electron chi connectivity index (χ2n) is 3.55. The van der Waals surface area contributed by atoms with Gasteiger partial charge >= 0.3 is 0 Å². The Bertz CT molecular complexity index is 540. The van der Waals surface area contributed by atoms with Crippen LogP contribution in [0, 0.1) is 0 Å². The van der Waals surface area contributed by atoms with Crippen molar-refractivity contribution in [2.75, 3.05) is 0 Å². The van der Waals surface area contributed by atoms with Crippen molar-refractivity contribution in [3.63, 3.8) is 0 Å². The van der Waals surface area contributed by atoms with Gasteiger partial charge in [-0.2, -0.15) is 0 Å². The Morgan fingerprint density at radius 2 is 1.47 bits per heavy atom. The van der Waals surface area contributed by atoms with Gasteiger partial charge in [0.15, 0.2) is 0 Å². The molecule has 0 aromatic heterocycles. The Morgan fingerprint density at radius 1 is 0.824 bits per heavy atom. The first-order chi connectivity index (χ1) is 8.09. The van der Waals surface area contributed by atoms with E-state index in [1.54, 1.807) is 6.07 Å². The molecular weight excluding hydrogens is 342 g/mol. The largest absolute Gasteiger partial charge is 0.0843 e. The lowest BCUT2D eigenvalue weighted by Crippen LogP contribution is -1.94. The third kappa shape index (κ3) is 2.97. The highest BCUT2D eigenvalue weighted by atomic mass is 79.9. The van der Waals surface area contributed by atoms with E-state index in [2.05, 4.69) is 15.9 Å². The third-order valence-corrected chi connectivity index (χ3v) is 4.31. The van der Waals surface area contributed by atoms with Crippen molar-refractivity contribution in [2.24, 2.45) is 0 Å². The monoisotopic (exact) mass is 348 g/mol. The lowest BCUT2D eigenvalue weighted by atomic mass is 10.0. The molecule has 0 aliphatic carbocycles. The average molecular weight is 350 g/mol. The molecule has 0 nitrogen and oxygen atoms in total. The fraction of sp³-hybridized carbons (Fsp3) is 0.0769. The van der Waals surface area contributed by atoms with Crippen LogP contribution in [0.15, 0.2) is 42.5 Å². The molecule has 1 unspecified atom stereocenters. The van der Waals surface area contributed by atoms with E-state index in [1.807, 2.05) is 36.4 Å². The summed E-state index contributed by atoms with van der Waals surface area (Å²) >= 11 is 21.8. The van der Waals surface area contributed by atoms with Gasteiger partial charge in [-0.3, -0.25) is 0 Å². The van der Waals surface area contributed by atoms with Crippen LogP contribution in [-0.2, 0) is 0 Å². The number of rotatable bonds is 2. The molecule has 4 heteroatoms. The summed E-state index contributed by atoms with van der Waals surface area (Å²) in [5.41, 5.74) is 1.93. The van der Waals surface area contributed by atoms with Gasteiger partial charge in [-0.15, -0.1) is 0 Å². The van der Waals surface area contributed by atoms with Gasteiger partial charge in [-0.05, 0) is 29.3 Å². The Hall–Kier alpha value is -0.210. The third-order valence-electron chi connectivity index (χ3n) is 2.41. The second kappa shape index (κ2) is 5.62. The van der Waals surface area contributed by atoms with E-state index in [-0.39, 0.29) is 4.83 Å². The number of halogens is 4. The van der Waals surface area contributed by atoms with Crippen molar-refractivity contribution in [3.05, 3.63) is 68.7 Å². The van der Waals surface area contributed by atoms with Crippen molar-refractivity contribution in [3.8, 4) is 0 Å². The molecule has 0 N–H and O–H groups in total. The van der Waals surface area contributed by atoms with Crippen molar-refractivity contribution in [1.82, 2.24) is 0 Å². The first-order valence-electron chi connectivity index (χ1n) is 4.93. The summed E-state index contributed by atoms with van der Waals surface area (Å²) in [6.45, 7) is 0. The predicted octanol–water partition coefficient (Wildman–Crippen LogP) is 6.13. The number of hydrogen-bond donors (Lipinski definition) is 0. The van der Waals surface area contributed by atoms with Crippen LogP contribution in [0.4, 0.5) is 0 Å². The van der Waals surface area contributed by atoms with Crippen LogP contribution in [-0.4, -0.2) is 0 Å². The zero-order chi connectivity index (χ0) is 12.4. The van der Waals surface area contributed by atoms with Crippen LogP contribution in [0.2, 0.25) is 15.1 Å². The highest BCUT2D eigenvalue weighted by Gasteiger charge is 2.16. The van der Waals surface area contributed by atoms with Gasteiger partial charge in [0.05, 0.1) is 4.83 Å². The van der Waals surface area contributed by atoms with E-state index in [1.165, 1.54) is 0 Å². The van der Waals surface area contributed by atoms with E-state index in [0.29, 0.717) is 15.1 Å². The van der Waals surface area contributed by atoms with E-state index < -0.39 is 0 Å². The topological polar surface area (TPSA) is 0 Å². The number of benzene rings is 2. The summed E-state index contributed by atoms with van der Waals surface area (Å²) in [7, 11) is 0. The van der Waals surface area contributed by atoms with Crippen LogP contribution in [0.5, 0.6) is 0 Å². The minimum atomic E-state index is -0.0408. The standard InChI is InChI=1S/C13H8BrCl3/c14-13(9-3-1-2-4-11(9)16)10-6-5-8(15)7-12(10)17/h1-7,13H. The van der Waals surface area contributed by atoms with Crippen molar-refractivity contribution in [2.45, 2.75) is 4.83 Å². The van der Waals surface area contributed by atoms with Gasteiger partial charge in [0, 0.05) is 15.1 Å². The van der Waals surface area contributed by atoms with Crippen LogP contribution >= 0.6 is 50.7 Å². The van der Waals surface area contributed by atoms with Gasteiger partial charge in [-0.25, -0.2) is 0 Å². The zero-order valence-electron chi connectivity index (χ0n) is 8.63. The molecule has 0 saturated heterocycles. The van der Waals surface area contributed by atoms with Crippen molar-refractivity contribution < 1.29 is 0 Å². The maximum atomic E-state index is 6.17. The first kappa shape index (κ1) is 13.2.